The Morgan fingerprint density at radius 1 is 1.30 bits per heavy atom. The first kappa shape index (κ1) is 14.5. The lowest BCUT2D eigenvalue weighted by Gasteiger charge is -2.14. The molecule has 0 bridgehead atoms. The Kier molecular flexibility index (Phi) is 4.74. The van der Waals surface area contributed by atoms with Gasteiger partial charge in [-0.25, -0.2) is 0 Å². The largest absolute Gasteiger partial charge is 0.349 e. The number of halogens is 1. The summed E-state index contributed by atoms with van der Waals surface area (Å²) >= 11 is 3.39. The zero-order valence-electron chi connectivity index (χ0n) is 11.0. The van der Waals surface area contributed by atoms with Gasteiger partial charge in [0.15, 0.2) is 0 Å². The molecule has 2 N–H and O–H groups in total. The number of amides is 1. The average Bonchev–Trinajstić information content (AvgIpc) is 2.41. The topological polar surface area (TPSA) is 62.0 Å². The highest BCUT2D eigenvalue weighted by Gasteiger charge is 2.10. The fraction of sp³-hybridized carbons (Fsp3) is 0.200. The van der Waals surface area contributed by atoms with Crippen molar-refractivity contribution in [3.63, 3.8) is 0 Å². The highest BCUT2D eigenvalue weighted by molar-refractivity contribution is 9.10. The first-order valence-electron chi connectivity index (χ1n) is 6.28. The third-order valence-corrected chi connectivity index (χ3v) is 3.40. The number of rotatable bonds is 4. The standard InChI is InChI=1S/C15H15BrN2O2/c1-10(8-11-2-4-13(16)5-3-11)18-15(20)12-6-7-17-14(19)9-12/h2-7,9-10H,8H2,1H3,(H,17,19)(H,18,20). The van der Waals surface area contributed by atoms with Crippen LogP contribution in [-0.4, -0.2) is 16.9 Å². The molecular formula is C15H15BrN2O2. The number of benzene rings is 1. The minimum absolute atomic E-state index is 0.0111. The molecule has 1 aromatic carbocycles. The SMILES string of the molecule is CC(Cc1ccc(Br)cc1)NC(=O)c1cc[nH]c(=O)c1. The van der Waals surface area contributed by atoms with E-state index >= 15 is 0 Å². The van der Waals surface area contributed by atoms with Gasteiger partial charge in [-0.3, -0.25) is 9.59 Å². The number of hydrogen-bond acceptors (Lipinski definition) is 2. The van der Waals surface area contributed by atoms with Gasteiger partial charge in [-0.1, -0.05) is 28.1 Å². The lowest BCUT2D eigenvalue weighted by molar-refractivity contribution is 0.0940. The number of H-pyrrole nitrogens is 1. The van der Waals surface area contributed by atoms with Gasteiger partial charge in [0.1, 0.15) is 0 Å². The van der Waals surface area contributed by atoms with Crippen molar-refractivity contribution < 1.29 is 4.79 Å². The zero-order chi connectivity index (χ0) is 14.5. The average molecular weight is 335 g/mol. The van der Waals surface area contributed by atoms with Crippen LogP contribution in [0.1, 0.15) is 22.8 Å². The van der Waals surface area contributed by atoms with Crippen LogP contribution in [0.3, 0.4) is 0 Å². The van der Waals surface area contributed by atoms with E-state index in [0.717, 1.165) is 16.5 Å². The third-order valence-electron chi connectivity index (χ3n) is 2.87. The van der Waals surface area contributed by atoms with Crippen LogP contribution in [0, 0.1) is 0 Å². The molecule has 0 fully saturated rings. The quantitative estimate of drug-likeness (QED) is 0.902. The zero-order valence-corrected chi connectivity index (χ0v) is 12.6. The summed E-state index contributed by atoms with van der Waals surface area (Å²) in [6.45, 7) is 1.94. The Hall–Kier alpha value is -1.88. The molecule has 2 rings (SSSR count). The molecule has 1 heterocycles. The smallest absolute Gasteiger partial charge is 0.251 e. The van der Waals surface area contributed by atoms with E-state index in [1.807, 2.05) is 31.2 Å². The molecule has 0 aliphatic heterocycles. The second kappa shape index (κ2) is 6.52. The van der Waals surface area contributed by atoms with Gasteiger partial charge < -0.3 is 10.3 Å². The van der Waals surface area contributed by atoms with E-state index in [-0.39, 0.29) is 17.5 Å². The molecule has 5 heteroatoms. The van der Waals surface area contributed by atoms with Crippen LogP contribution < -0.4 is 10.9 Å². The Labute approximate surface area is 125 Å². The van der Waals surface area contributed by atoms with Gasteiger partial charge in [0.2, 0.25) is 5.56 Å². The molecule has 0 radical (unpaired) electrons. The van der Waals surface area contributed by atoms with Gasteiger partial charge >= 0.3 is 0 Å². The fourth-order valence-corrected chi connectivity index (χ4v) is 2.18. The van der Waals surface area contributed by atoms with Crippen LogP contribution in [0.25, 0.3) is 0 Å². The Balaban J connectivity index is 1.97. The van der Waals surface area contributed by atoms with Crippen molar-refractivity contribution >= 4 is 21.8 Å². The molecule has 2 aromatic rings. The Morgan fingerprint density at radius 2 is 2.00 bits per heavy atom. The molecule has 1 aromatic heterocycles. The van der Waals surface area contributed by atoms with Crippen molar-refractivity contribution in [2.45, 2.75) is 19.4 Å². The van der Waals surface area contributed by atoms with Gasteiger partial charge in [0, 0.05) is 28.3 Å². The van der Waals surface area contributed by atoms with Crippen LogP contribution in [0.15, 0.2) is 51.9 Å². The number of pyridine rings is 1. The molecular weight excluding hydrogens is 320 g/mol. The summed E-state index contributed by atoms with van der Waals surface area (Å²) in [5.41, 5.74) is 1.24. The minimum atomic E-state index is -0.279. The Morgan fingerprint density at radius 3 is 2.65 bits per heavy atom. The van der Waals surface area contributed by atoms with Crippen LogP contribution in [0.4, 0.5) is 0 Å². The molecule has 1 amide bonds. The molecule has 0 saturated carbocycles. The normalized spacial score (nSPS) is 11.9. The fourth-order valence-electron chi connectivity index (χ4n) is 1.92. The van der Waals surface area contributed by atoms with Crippen molar-refractivity contribution in [3.05, 3.63) is 68.5 Å². The highest BCUT2D eigenvalue weighted by Crippen LogP contribution is 2.12. The van der Waals surface area contributed by atoms with E-state index in [0.29, 0.717) is 5.56 Å². The molecule has 0 spiro atoms. The minimum Gasteiger partial charge on any atom is -0.349 e. The maximum Gasteiger partial charge on any atom is 0.251 e. The number of aromatic amines is 1. The Bertz CT molecular complexity index is 649. The van der Waals surface area contributed by atoms with Gasteiger partial charge in [-0.05, 0) is 37.1 Å². The van der Waals surface area contributed by atoms with E-state index in [1.165, 1.54) is 12.3 Å². The summed E-state index contributed by atoms with van der Waals surface area (Å²) in [7, 11) is 0. The first-order chi connectivity index (χ1) is 9.54. The monoisotopic (exact) mass is 334 g/mol. The van der Waals surface area contributed by atoms with Gasteiger partial charge in [0.05, 0.1) is 0 Å². The molecule has 1 atom stereocenters. The predicted molar refractivity (Wildman–Crippen MR) is 81.8 cm³/mol. The molecule has 0 saturated heterocycles. The van der Waals surface area contributed by atoms with E-state index in [2.05, 4.69) is 26.2 Å². The van der Waals surface area contributed by atoms with Gasteiger partial charge in [0.25, 0.3) is 5.91 Å². The summed E-state index contributed by atoms with van der Waals surface area (Å²) in [4.78, 5) is 25.6. The third kappa shape index (κ3) is 4.06. The maximum atomic E-state index is 12.0. The van der Waals surface area contributed by atoms with Crippen molar-refractivity contribution in [2.75, 3.05) is 0 Å². The van der Waals surface area contributed by atoms with Crippen molar-refractivity contribution in [1.82, 2.24) is 10.3 Å². The summed E-state index contributed by atoms with van der Waals surface area (Å²) in [6.07, 6.45) is 2.21. The predicted octanol–water partition coefficient (Wildman–Crippen LogP) is 2.50. The second-order valence-corrected chi connectivity index (χ2v) is 5.56. The van der Waals surface area contributed by atoms with Crippen molar-refractivity contribution in [1.29, 1.82) is 0 Å². The van der Waals surface area contributed by atoms with E-state index in [1.54, 1.807) is 6.07 Å². The number of hydrogen-bond donors (Lipinski definition) is 2. The molecule has 4 nitrogen and oxygen atoms in total. The van der Waals surface area contributed by atoms with E-state index in [9.17, 15) is 9.59 Å². The molecule has 0 aliphatic rings. The van der Waals surface area contributed by atoms with Gasteiger partial charge in [-0.2, -0.15) is 0 Å². The maximum absolute atomic E-state index is 12.0. The summed E-state index contributed by atoms with van der Waals surface area (Å²) in [5.74, 6) is -0.235. The first-order valence-corrected chi connectivity index (χ1v) is 7.08. The van der Waals surface area contributed by atoms with Crippen LogP contribution in [0.2, 0.25) is 0 Å². The number of aromatic nitrogens is 1. The number of carbonyl (C=O) groups excluding carboxylic acids is 1. The molecule has 1 unspecified atom stereocenters. The molecule has 0 aliphatic carbocycles. The van der Waals surface area contributed by atoms with Crippen molar-refractivity contribution in [3.8, 4) is 0 Å². The van der Waals surface area contributed by atoms with Crippen LogP contribution in [0.5, 0.6) is 0 Å². The van der Waals surface area contributed by atoms with E-state index < -0.39 is 0 Å². The lowest BCUT2D eigenvalue weighted by Crippen LogP contribution is -2.34. The summed E-state index contributed by atoms with van der Waals surface area (Å²) in [6, 6.07) is 10.8. The molecule has 104 valence electrons. The van der Waals surface area contributed by atoms with Crippen molar-refractivity contribution in [2.24, 2.45) is 0 Å². The highest BCUT2D eigenvalue weighted by atomic mass is 79.9. The van der Waals surface area contributed by atoms with E-state index in [4.69, 9.17) is 0 Å². The lowest BCUT2D eigenvalue weighted by atomic mass is 10.1. The number of carbonyl (C=O) groups is 1. The molecule has 20 heavy (non-hydrogen) atoms. The summed E-state index contributed by atoms with van der Waals surface area (Å²) in [5, 5.41) is 2.88. The van der Waals surface area contributed by atoms with Crippen LogP contribution in [-0.2, 0) is 6.42 Å². The summed E-state index contributed by atoms with van der Waals surface area (Å²) < 4.78 is 1.03. The second-order valence-electron chi connectivity index (χ2n) is 4.65. The van der Waals surface area contributed by atoms with Crippen LogP contribution >= 0.6 is 15.9 Å². The van der Waals surface area contributed by atoms with Gasteiger partial charge in [-0.15, -0.1) is 0 Å². The number of nitrogens with one attached hydrogen (secondary N) is 2.